The van der Waals surface area contributed by atoms with Crippen molar-refractivity contribution in [3.8, 4) is 0 Å². The third kappa shape index (κ3) is 1.93. The van der Waals surface area contributed by atoms with Crippen LogP contribution in [0.1, 0.15) is 42.5 Å². The first-order valence-electron chi connectivity index (χ1n) is 5.50. The van der Waals surface area contributed by atoms with Gasteiger partial charge in [0.05, 0.1) is 0 Å². The van der Waals surface area contributed by atoms with Crippen molar-refractivity contribution in [2.75, 3.05) is 0 Å². The van der Waals surface area contributed by atoms with Crippen LogP contribution in [0.25, 0.3) is 0 Å². The fraction of sp³-hybridized carbons (Fsp3) is 0.545. The predicted molar refractivity (Wildman–Crippen MR) is 73.5 cm³/mol. The number of alkyl halides is 2. The number of carbonyl (C=O) groups is 1. The van der Waals surface area contributed by atoms with E-state index in [1.807, 2.05) is 13.8 Å². The molecule has 5 nitrogen and oxygen atoms in total. The average molecular weight is 380 g/mol. The van der Waals surface area contributed by atoms with Crippen LogP contribution in [0, 0.1) is 5.92 Å². The Morgan fingerprint density at radius 2 is 2.17 bits per heavy atom. The van der Waals surface area contributed by atoms with Crippen molar-refractivity contribution in [1.82, 2.24) is 9.55 Å². The molecule has 0 fully saturated rings. The Kier molecular flexibility index (Phi) is 3.40. The van der Waals surface area contributed by atoms with Crippen LogP contribution in [0.15, 0.2) is 11.0 Å². The van der Waals surface area contributed by atoms with Gasteiger partial charge in [-0.05, 0) is 19.3 Å². The van der Waals surface area contributed by atoms with Gasteiger partial charge < -0.3 is 5.11 Å². The van der Waals surface area contributed by atoms with Gasteiger partial charge in [0, 0.05) is 12.2 Å². The highest BCUT2D eigenvalue weighted by molar-refractivity contribution is 9.24. The Hall–Kier alpha value is -0.690. The second-order valence-corrected chi connectivity index (χ2v) is 8.15. The molecule has 1 aromatic heterocycles. The highest BCUT2D eigenvalue weighted by Crippen LogP contribution is 2.50. The van der Waals surface area contributed by atoms with Gasteiger partial charge in [-0.15, -0.1) is 0 Å². The Balaban J connectivity index is 2.74. The lowest BCUT2D eigenvalue weighted by Gasteiger charge is -2.38. The number of hydrogen-bond donors (Lipinski definition) is 1. The van der Waals surface area contributed by atoms with E-state index in [-0.39, 0.29) is 17.5 Å². The van der Waals surface area contributed by atoms with Crippen molar-refractivity contribution < 1.29 is 9.90 Å². The van der Waals surface area contributed by atoms with Gasteiger partial charge in [0.1, 0.15) is 14.6 Å². The molecule has 0 radical (unpaired) electrons. The Morgan fingerprint density at radius 3 is 2.72 bits per heavy atom. The van der Waals surface area contributed by atoms with E-state index in [0.29, 0.717) is 5.82 Å². The lowest BCUT2D eigenvalue weighted by Crippen LogP contribution is -2.42. The summed E-state index contributed by atoms with van der Waals surface area (Å²) in [6.45, 7) is 3.94. The smallest absolute Gasteiger partial charge is 0.342 e. The summed E-state index contributed by atoms with van der Waals surface area (Å²) >= 11 is 7.05. The number of halogens is 2. The van der Waals surface area contributed by atoms with E-state index in [9.17, 15) is 9.59 Å². The molecule has 2 rings (SSSR count). The number of aromatic carboxylic acids is 1. The van der Waals surface area contributed by atoms with Crippen LogP contribution in [0.4, 0.5) is 0 Å². The topological polar surface area (TPSA) is 72.2 Å². The summed E-state index contributed by atoms with van der Waals surface area (Å²) in [4.78, 5) is 27.3. The largest absolute Gasteiger partial charge is 0.477 e. The van der Waals surface area contributed by atoms with Gasteiger partial charge in [0.2, 0.25) is 0 Å². The second kappa shape index (κ2) is 4.45. The maximum absolute atomic E-state index is 12.2. The Morgan fingerprint density at radius 1 is 1.56 bits per heavy atom. The van der Waals surface area contributed by atoms with E-state index >= 15 is 0 Å². The molecule has 0 aliphatic carbocycles. The van der Waals surface area contributed by atoms with Gasteiger partial charge in [-0.3, -0.25) is 9.36 Å². The molecule has 2 heterocycles. The molecule has 0 spiro atoms. The fourth-order valence-electron chi connectivity index (χ4n) is 2.26. The molecule has 1 N–H and O–H groups in total. The number of rotatable bonds is 1. The summed E-state index contributed by atoms with van der Waals surface area (Å²) in [5.41, 5.74) is -0.800. The average Bonchev–Trinajstić information content (AvgIpc) is 2.25. The first-order valence-corrected chi connectivity index (χ1v) is 7.08. The highest BCUT2D eigenvalue weighted by atomic mass is 79.9. The lowest BCUT2D eigenvalue weighted by atomic mass is 9.94. The zero-order valence-electron chi connectivity index (χ0n) is 9.85. The van der Waals surface area contributed by atoms with Crippen LogP contribution < -0.4 is 5.56 Å². The summed E-state index contributed by atoms with van der Waals surface area (Å²) in [6, 6.07) is -0.0717. The highest BCUT2D eigenvalue weighted by Gasteiger charge is 2.43. The van der Waals surface area contributed by atoms with E-state index in [2.05, 4.69) is 36.8 Å². The van der Waals surface area contributed by atoms with Gasteiger partial charge in [-0.25, -0.2) is 9.78 Å². The molecule has 2 unspecified atom stereocenters. The van der Waals surface area contributed by atoms with Crippen LogP contribution in [-0.4, -0.2) is 20.6 Å². The Bertz CT molecular complexity index is 568. The van der Waals surface area contributed by atoms with Crippen LogP contribution in [0.5, 0.6) is 0 Å². The van der Waals surface area contributed by atoms with Gasteiger partial charge in [0.25, 0.3) is 5.56 Å². The second-order valence-electron chi connectivity index (χ2n) is 4.58. The number of hydrogen-bond acceptors (Lipinski definition) is 3. The minimum atomic E-state index is -1.25. The molecule has 98 valence electrons. The summed E-state index contributed by atoms with van der Waals surface area (Å²) in [6.07, 6.45) is 1.88. The monoisotopic (exact) mass is 378 g/mol. The molecular weight excluding hydrogens is 368 g/mol. The normalized spacial score (nSPS) is 25.6. The van der Waals surface area contributed by atoms with Crippen molar-refractivity contribution in [2.24, 2.45) is 5.92 Å². The molecule has 1 aliphatic rings. The number of fused-ring (bicyclic) bond motifs is 1. The summed E-state index contributed by atoms with van der Waals surface area (Å²) in [7, 11) is 0. The maximum Gasteiger partial charge on any atom is 0.342 e. The molecule has 0 saturated carbocycles. The quantitative estimate of drug-likeness (QED) is 0.761. The lowest BCUT2D eigenvalue weighted by molar-refractivity contribution is 0.0693. The molecule has 1 aromatic rings. The minimum Gasteiger partial charge on any atom is -0.477 e. The standard InChI is InChI=1S/C11H12Br2N2O3/c1-5-3-6(2)15-8(16)7(9(17)18)4-14-10(15)11(5,12)13/h4-6H,3H2,1-2H3,(H,17,18). The Labute approximate surface area is 120 Å². The summed E-state index contributed by atoms with van der Waals surface area (Å²) in [5.74, 6) is -0.498. The van der Waals surface area contributed by atoms with Crippen molar-refractivity contribution in [3.63, 3.8) is 0 Å². The molecule has 18 heavy (non-hydrogen) atoms. The molecular formula is C11H12Br2N2O3. The van der Waals surface area contributed by atoms with Crippen LogP contribution in [-0.2, 0) is 3.23 Å². The zero-order valence-corrected chi connectivity index (χ0v) is 13.0. The van der Waals surface area contributed by atoms with E-state index in [1.165, 1.54) is 4.57 Å². The third-order valence-corrected chi connectivity index (χ3v) is 5.55. The molecule has 0 saturated heterocycles. The van der Waals surface area contributed by atoms with E-state index in [0.717, 1.165) is 12.6 Å². The molecule has 7 heteroatoms. The molecule has 1 aliphatic heterocycles. The predicted octanol–water partition coefficient (Wildman–Crippen LogP) is 2.48. The van der Waals surface area contributed by atoms with Crippen LogP contribution in [0.3, 0.4) is 0 Å². The first kappa shape index (κ1) is 13.7. The summed E-state index contributed by atoms with van der Waals surface area (Å²) < 4.78 is 0.857. The fourth-order valence-corrected chi connectivity index (χ4v) is 3.22. The maximum atomic E-state index is 12.2. The van der Waals surface area contributed by atoms with Crippen molar-refractivity contribution in [2.45, 2.75) is 29.5 Å². The number of aromatic nitrogens is 2. The van der Waals surface area contributed by atoms with Gasteiger partial charge in [-0.2, -0.15) is 0 Å². The van der Waals surface area contributed by atoms with E-state index < -0.39 is 14.8 Å². The molecule has 2 atom stereocenters. The number of nitrogens with zero attached hydrogens (tertiary/aromatic N) is 2. The third-order valence-electron chi connectivity index (χ3n) is 3.28. The van der Waals surface area contributed by atoms with Gasteiger partial charge in [-0.1, -0.05) is 38.8 Å². The molecule has 0 amide bonds. The number of carboxylic acids is 1. The van der Waals surface area contributed by atoms with Crippen LogP contribution >= 0.6 is 31.9 Å². The van der Waals surface area contributed by atoms with Gasteiger partial charge in [0.15, 0.2) is 0 Å². The van der Waals surface area contributed by atoms with E-state index in [4.69, 9.17) is 5.11 Å². The van der Waals surface area contributed by atoms with E-state index in [1.54, 1.807) is 0 Å². The van der Waals surface area contributed by atoms with Crippen molar-refractivity contribution >= 4 is 37.8 Å². The van der Waals surface area contributed by atoms with Crippen molar-refractivity contribution in [1.29, 1.82) is 0 Å². The van der Waals surface area contributed by atoms with Crippen molar-refractivity contribution in [3.05, 3.63) is 27.9 Å². The SMILES string of the molecule is CC1CC(C)C(Br)(Br)c2ncc(C(=O)O)c(=O)n21. The molecule has 0 bridgehead atoms. The van der Waals surface area contributed by atoms with Crippen LogP contribution in [0.2, 0.25) is 0 Å². The minimum absolute atomic E-state index is 0.0717. The van der Waals surface area contributed by atoms with Gasteiger partial charge >= 0.3 is 5.97 Å². The molecule has 0 aromatic carbocycles. The summed E-state index contributed by atoms with van der Waals surface area (Å²) in [5, 5.41) is 8.96. The zero-order chi connectivity index (χ0) is 13.7. The first-order chi connectivity index (χ1) is 8.26. The number of carboxylic acid groups (broad SMARTS) is 1.